The number of aliphatic imine (C=N–C) groups is 1. The molecule has 2 aromatic rings. The van der Waals surface area contributed by atoms with E-state index in [1.807, 2.05) is 24.3 Å². The van der Waals surface area contributed by atoms with Crippen molar-refractivity contribution in [3.63, 3.8) is 0 Å². The van der Waals surface area contributed by atoms with Gasteiger partial charge in [0.05, 0.1) is 18.0 Å². The summed E-state index contributed by atoms with van der Waals surface area (Å²) < 4.78 is 69.5. The number of hydrogen-bond acceptors (Lipinski definition) is 2. The monoisotopic (exact) mass is 421 g/mol. The Labute approximate surface area is 169 Å². The molecule has 4 rings (SSSR count). The smallest absolute Gasteiger partial charge is 0.422 e. The average molecular weight is 421 g/mol. The second kappa shape index (κ2) is 8.01. The summed E-state index contributed by atoms with van der Waals surface area (Å²) in [6.45, 7) is -1.34. The molecule has 0 bridgehead atoms. The van der Waals surface area contributed by atoms with Gasteiger partial charge in [0, 0.05) is 17.4 Å². The van der Waals surface area contributed by atoms with E-state index in [1.54, 1.807) is 6.08 Å². The van der Waals surface area contributed by atoms with E-state index in [1.165, 1.54) is 18.2 Å². The molecular weight excluding hydrogens is 403 g/mol. The van der Waals surface area contributed by atoms with Gasteiger partial charge >= 0.3 is 12.1 Å². The largest absolute Gasteiger partial charge is 0.435 e. The highest BCUT2D eigenvalue weighted by molar-refractivity contribution is 6.02. The van der Waals surface area contributed by atoms with Gasteiger partial charge < -0.3 is 4.74 Å². The van der Waals surface area contributed by atoms with Gasteiger partial charge in [-0.2, -0.15) is 18.2 Å². The maximum Gasteiger partial charge on any atom is 0.422 e. The summed E-state index contributed by atoms with van der Waals surface area (Å²) in [5.41, 5.74) is 2.82. The molecule has 0 aromatic heterocycles. The lowest BCUT2D eigenvalue weighted by Gasteiger charge is -2.07. The van der Waals surface area contributed by atoms with Gasteiger partial charge in [-0.15, -0.1) is 0 Å². The van der Waals surface area contributed by atoms with Crippen molar-refractivity contribution in [3.8, 4) is 0 Å². The summed E-state index contributed by atoms with van der Waals surface area (Å²) in [7, 11) is 0. The molecule has 8 heteroatoms. The number of hydrogen-bond donors (Lipinski definition) is 1. The normalized spacial score (nSPS) is 18.8. The number of benzene rings is 2. The molecular formula is C22H18F5N2O+. The predicted molar refractivity (Wildman–Crippen MR) is 101 cm³/mol. The molecule has 2 aliphatic rings. The molecule has 1 N–H and O–H groups in total. The third-order valence-electron chi connectivity index (χ3n) is 5.02. The van der Waals surface area contributed by atoms with Crippen molar-refractivity contribution in [2.45, 2.75) is 31.5 Å². The van der Waals surface area contributed by atoms with Crippen LogP contribution in [-0.4, -0.2) is 24.2 Å². The molecule has 0 amide bonds. The van der Waals surface area contributed by atoms with Crippen LogP contribution in [-0.2, 0) is 4.74 Å². The Kier molecular flexibility index (Phi) is 5.40. The quantitative estimate of drug-likeness (QED) is 0.729. The van der Waals surface area contributed by atoms with E-state index >= 15 is 0 Å². The highest BCUT2D eigenvalue weighted by atomic mass is 19.4. The highest BCUT2D eigenvalue weighted by Gasteiger charge is 2.31. The van der Waals surface area contributed by atoms with Crippen molar-refractivity contribution < 1.29 is 31.7 Å². The van der Waals surface area contributed by atoms with Crippen molar-refractivity contribution in [1.82, 2.24) is 0 Å². The van der Waals surface area contributed by atoms with Crippen LogP contribution in [0.15, 0.2) is 59.4 Å². The molecule has 1 unspecified atom stereocenters. The van der Waals surface area contributed by atoms with Gasteiger partial charge in [0.2, 0.25) is 0 Å². The van der Waals surface area contributed by atoms with Gasteiger partial charge in [0.1, 0.15) is 11.6 Å². The fourth-order valence-corrected chi connectivity index (χ4v) is 3.59. The van der Waals surface area contributed by atoms with Crippen LogP contribution in [0.25, 0.3) is 0 Å². The average Bonchev–Trinajstić information content (AvgIpc) is 3.36. The van der Waals surface area contributed by atoms with Gasteiger partial charge in [-0.05, 0) is 42.7 Å². The van der Waals surface area contributed by atoms with Gasteiger partial charge in [0.15, 0.2) is 12.3 Å². The highest BCUT2D eigenvalue weighted by Crippen LogP contribution is 2.32. The number of halogens is 5. The van der Waals surface area contributed by atoms with Gasteiger partial charge in [-0.1, -0.05) is 18.2 Å². The second-order valence-corrected chi connectivity index (χ2v) is 7.13. The first-order valence-electron chi connectivity index (χ1n) is 9.44. The van der Waals surface area contributed by atoms with E-state index in [0.717, 1.165) is 16.8 Å². The molecule has 0 aliphatic carbocycles. The maximum atomic E-state index is 14.0. The van der Waals surface area contributed by atoms with E-state index < -0.39 is 24.4 Å². The summed E-state index contributed by atoms with van der Waals surface area (Å²) in [6, 6.07) is 11.0. The third kappa shape index (κ3) is 4.42. The Morgan fingerprint density at radius 3 is 2.40 bits per heavy atom. The minimum Gasteiger partial charge on any atom is -0.435 e. The molecule has 30 heavy (non-hydrogen) atoms. The summed E-state index contributed by atoms with van der Waals surface area (Å²) in [5.74, 6) is -1.16. The molecule has 156 valence electrons. The summed E-state index contributed by atoms with van der Waals surface area (Å²) >= 11 is 0. The van der Waals surface area contributed by atoms with Crippen LogP contribution < -0.4 is 4.99 Å². The zero-order valence-electron chi connectivity index (χ0n) is 15.8. The van der Waals surface area contributed by atoms with E-state index in [0.29, 0.717) is 25.0 Å². The first-order valence-corrected chi connectivity index (χ1v) is 9.44. The van der Waals surface area contributed by atoms with Crippen molar-refractivity contribution in [1.29, 1.82) is 0 Å². The van der Waals surface area contributed by atoms with Crippen molar-refractivity contribution >= 4 is 11.4 Å². The molecule has 2 aliphatic heterocycles. The number of nitrogens with zero attached hydrogens (tertiary/aromatic N) is 1. The SMILES string of the molecule is Fc1cccc(F)c1C1=NC(c2ccc(C3=[NH+]C(OCC(F)(F)F)=CC3)cc2)CC1. The summed E-state index contributed by atoms with van der Waals surface area (Å²) in [6.07, 6.45) is -1.27. The third-order valence-corrected chi connectivity index (χ3v) is 5.02. The second-order valence-electron chi connectivity index (χ2n) is 7.13. The Bertz CT molecular complexity index is 1020. The fourth-order valence-electron chi connectivity index (χ4n) is 3.59. The minimum absolute atomic E-state index is 0.0696. The van der Waals surface area contributed by atoms with Crippen molar-refractivity contribution in [2.24, 2.45) is 4.99 Å². The fraction of sp³-hybridized carbons (Fsp3) is 0.273. The number of nitrogens with one attached hydrogen (secondary N) is 1. The predicted octanol–water partition coefficient (Wildman–Crippen LogP) is 3.98. The molecule has 0 spiro atoms. The van der Waals surface area contributed by atoms with Gasteiger partial charge in [-0.3, -0.25) is 4.99 Å². The van der Waals surface area contributed by atoms with Gasteiger partial charge in [-0.25, -0.2) is 8.78 Å². The lowest BCUT2D eigenvalue weighted by molar-refractivity contribution is -0.441. The molecule has 0 radical (unpaired) electrons. The number of alkyl halides is 3. The zero-order valence-corrected chi connectivity index (χ0v) is 15.8. The molecule has 0 saturated carbocycles. The van der Waals surface area contributed by atoms with Crippen LogP contribution in [0.4, 0.5) is 22.0 Å². The van der Waals surface area contributed by atoms with E-state index in [-0.39, 0.29) is 17.5 Å². The topological polar surface area (TPSA) is 35.6 Å². The first kappa shape index (κ1) is 20.3. The molecule has 0 fully saturated rings. The van der Waals surface area contributed by atoms with Gasteiger partial charge in [0.25, 0.3) is 0 Å². The molecule has 1 atom stereocenters. The summed E-state index contributed by atoms with van der Waals surface area (Å²) in [4.78, 5) is 7.37. The molecule has 0 saturated heterocycles. The van der Waals surface area contributed by atoms with Crippen LogP contribution in [0.2, 0.25) is 0 Å². The number of rotatable bonds is 5. The van der Waals surface area contributed by atoms with Crippen LogP contribution in [0.3, 0.4) is 0 Å². The molecule has 3 nitrogen and oxygen atoms in total. The lowest BCUT2D eigenvalue weighted by atomic mass is 10.00. The number of ether oxygens (including phenoxy) is 1. The van der Waals surface area contributed by atoms with Crippen molar-refractivity contribution in [3.05, 3.63) is 82.7 Å². The van der Waals surface area contributed by atoms with Crippen LogP contribution in [0.1, 0.15) is 42.0 Å². The Morgan fingerprint density at radius 1 is 1.03 bits per heavy atom. The Hall–Kier alpha value is -3.03. The standard InChI is InChI=1S/C22H17F5N2O/c23-15-2-1-3-16(24)21(15)19-9-8-17(28-19)13-4-6-14(7-5-13)18-10-11-20(29-18)30-12-22(25,26)27/h1-7,11,17H,8-10,12H2/p+1. The number of allylic oxidation sites excluding steroid dienone is 1. The van der Waals surface area contributed by atoms with Crippen LogP contribution in [0, 0.1) is 11.6 Å². The maximum absolute atomic E-state index is 14.0. The molecule has 2 heterocycles. The first-order chi connectivity index (χ1) is 14.3. The summed E-state index contributed by atoms with van der Waals surface area (Å²) in [5, 5.41) is 0. The molecule has 2 aromatic carbocycles. The van der Waals surface area contributed by atoms with E-state index in [2.05, 4.69) is 9.98 Å². The van der Waals surface area contributed by atoms with Crippen LogP contribution >= 0.6 is 0 Å². The van der Waals surface area contributed by atoms with Crippen LogP contribution in [0.5, 0.6) is 0 Å². The Balaban J connectivity index is 1.45. The lowest BCUT2D eigenvalue weighted by Crippen LogP contribution is -2.69. The minimum atomic E-state index is -4.39. The van der Waals surface area contributed by atoms with E-state index in [9.17, 15) is 22.0 Å². The van der Waals surface area contributed by atoms with E-state index in [4.69, 9.17) is 4.74 Å². The zero-order chi connectivity index (χ0) is 21.3. The Morgan fingerprint density at radius 2 is 1.73 bits per heavy atom. The van der Waals surface area contributed by atoms with Crippen molar-refractivity contribution in [2.75, 3.05) is 6.61 Å².